The van der Waals surface area contributed by atoms with Crippen LogP contribution in [0.3, 0.4) is 0 Å². The Morgan fingerprint density at radius 1 is 1.35 bits per heavy atom. The molecule has 2 rings (SSSR count). The van der Waals surface area contributed by atoms with Crippen LogP contribution in [0.4, 0.5) is 5.95 Å². The van der Waals surface area contributed by atoms with Gasteiger partial charge >= 0.3 is 0 Å². The Bertz CT molecular complexity index is 719. The summed E-state index contributed by atoms with van der Waals surface area (Å²) in [7, 11) is -3.63. The highest BCUT2D eigenvalue weighted by atomic mass is 32.2. The fourth-order valence-electron chi connectivity index (χ4n) is 1.50. The molecule has 7 nitrogen and oxygen atoms in total. The minimum atomic E-state index is -3.63. The normalized spacial score (nSPS) is 11.0. The van der Waals surface area contributed by atoms with E-state index >= 15 is 0 Å². The molecule has 0 radical (unpaired) electrons. The van der Waals surface area contributed by atoms with E-state index in [-0.39, 0.29) is 16.7 Å². The number of anilines is 1. The van der Waals surface area contributed by atoms with Crippen LogP contribution in [0, 0.1) is 0 Å². The van der Waals surface area contributed by atoms with Crippen molar-refractivity contribution < 1.29 is 8.42 Å². The second-order valence-electron chi connectivity index (χ2n) is 3.89. The first-order chi connectivity index (χ1) is 9.46. The fourth-order valence-corrected chi connectivity index (χ4v) is 2.69. The molecule has 104 valence electrons. The Kier molecular flexibility index (Phi) is 4.20. The standard InChI is InChI=1S/C11H11N5O2S2/c12-10(19)9-3-1-2-8(6-9)7-20(17,18)16-11-13-4-5-14-15-11/h1-6H,7H2,(H2,12,19)(H,13,15,16). The number of aromatic nitrogens is 3. The van der Waals surface area contributed by atoms with Gasteiger partial charge in [0.25, 0.3) is 5.95 Å². The van der Waals surface area contributed by atoms with Crippen LogP contribution < -0.4 is 10.5 Å². The SMILES string of the molecule is NC(=S)c1cccc(CS(=O)(=O)Nc2nccnn2)c1. The van der Waals surface area contributed by atoms with Gasteiger partial charge in [-0.25, -0.2) is 18.1 Å². The van der Waals surface area contributed by atoms with Crippen molar-refractivity contribution in [3.8, 4) is 0 Å². The van der Waals surface area contributed by atoms with Gasteiger partial charge in [0.15, 0.2) is 0 Å². The lowest BCUT2D eigenvalue weighted by Crippen LogP contribution is -2.17. The molecule has 2 aromatic rings. The van der Waals surface area contributed by atoms with E-state index in [0.717, 1.165) is 0 Å². The molecule has 0 aliphatic carbocycles. The quantitative estimate of drug-likeness (QED) is 0.771. The number of nitrogens with two attached hydrogens (primary N) is 1. The summed E-state index contributed by atoms with van der Waals surface area (Å²) in [6.07, 6.45) is 2.70. The van der Waals surface area contributed by atoms with Crippen LogP contribution >= 0.6 is 12.2 Å². The van der Waals surface area contributed by atoms with Gasteiger partial charge in [-0.05, 0) is 11.6 Å². The largest absolute Gasteiger partial charge is 0.389 e. The Balaban J connectivity index is 2.16. The van der Waals surface area contributed by atoms with Crippen molar-refractivity contribution in [2.45, 2.75) is 5.75 Å². The highest BCUT2D eigenvalue weighted by molar-refractivity contribution is 7.91. The maximum absolute atomic E-state index is 12.0. The second kappa shape index (κ2) is 5.88. The molecular weight excluding hydrogens is 298 g/mol. The predicted molar refractivity (Wildman–Crippen MR) is 78.4 cm³/mol. The van der Waals surface area contributed by atoms with Crippen molar-refractivity contribution >= 4 is 33.2 Å². The molecule has 0 saturated carbocycles. The summed E-state index contributed by atoms with van der Waals surface area (Å²) < 4.78 is 26.2. The number of thiocarbonyl (C=S) groups is 1. The molecule has 20 heavy (non-hydrogen) atoms. The molecule has 0 atom stereocenters. The summed E-state index contributed by atoms with van der Waals surface area (Å²) in [4.78, 5) is 3.96. The molecule has 9 heteroatoms. The maximum Gasteiger partial charge on any atom is 0.256 e. The molecule has 0 amide bonds. The van der Waals surface area contributed by atoms with Crippen LogP contribution in [0.1, 0.15) is 11.1 Å². The van der Waals surface area contributed by atoms with Crippen molar-refractivity contribution in [1.82, 2.24) is 15.2 Å². The second-order valence-corrected chi connectivity index (χ2v) is 6.05. The smallest absolute Gasteiger partial charge is 0.256 e. The summed E-state index contributed by atoms with van der Waals surface area (Å²) in [5.41, 5.74) is 6.69. The van der Waals surface area contributed by atoms with E-state index in [1.165, 1.54) is 12.4 Å². The van der Waals surface area contributed by atoms with Crippen molar-refractivity contribution in [3.05, 3.63) is 47.8 Å². The predicted octanol–water partition coefficient (Wildman–Crippen LogP) is 0.448. The highest BCUT2D eigenvalue weighted by Gasteiger charge is 2.14. The van der Waals surface area contributed by atoms with Gasteiger partial charge in [-0.1, -0.05) is 30.4 Å². The lowest BCUT2D eigenvalue weighted by atomic mass is 10.1. The van der Waals surface area contributed by atoms with Crippen LogP contribution in [0.5, 0.6) is 0 Å². The fraction of sp³-hybridized carbons (Fsp3) is 0.0909. The van der Waals surface area contributed by atoms with Gasteiger partial charge in [0.2, 0.25) is 10.0 Å². The maximum atomic E-state index is 12.0. The van der Waals surface area contributed by atoms with Gasteiger partial charge < -0.3 is 5.73 Å². The van der Waals surface area contributed by atoms with Crippen LogP contribution in [0.2, 0.25) is 0 Å². The zero-order valence-corrected chi connectivity index (χ0v) is 11.9. The zero-order valence-electron chi connectivity index (χ0n) is 10.2. The van der Waals surface area contributed by atoms with Gasteiger partial charge in [-0.2, -0.15) is 5.10 Å². The van der Waals surface area contributed by atoms with E-state index in [4.69, 9.17) is 18.0 Å². The number of hydrogen-bond donors (Lipinski definition) is 2. The Hall–Kier alpha value is -2.13. The van der Waals surface area contributed by atoms with Crippen LogP contribution in [0.25, 0.3) is 0 Å². The van der Waals surface area contributed by atoms with Gasteiger partial charge in [0.1, 0.15) is 4.99 Å². The number of hydrogen-bond acceptors (Lipinski definition) is 6. The third-order valence-corrected chi connectivity index (χ3v) is 3.74. The number of nitrogens with one attached hydrogen (secondary N) is 1. The van der Waals surface area contributed by atoms with E-state index in [1.54, 1.807) is 24.3 Å². The number of rotatable bonds is 5. The first-order valence-corrected chi connectivity index (χ1v) is 7.55. The minimum absolute atomic E-state index is 0.0713. The minimum Gasteiger partial charge on any atom is -0.389 e. The van der Waals surface area contributed by atoms with E-state index in [1.807, 2.05) is 0 Å². The average Bonchev–Trinajstić information content (AvgIpc) is 2.39. The molecule has 3 N–H and O–H groups in total. The molecular formula is C11H11N5O2S2. The zero-order chi connectivity index (χ0) is 14.6. The molecule has 0 aliphatic rings. The molecule has 0 spiro atoms. The lowest BCUT2D eigenvalue weighted by Gasteiger charge is -2.07. The van der Waals surface area contributed by atoms with E-state index in [9.17, 15) is 8.42 Å². The third-order valence-electron chi connectivity index (χ3n) is 2.30. The lowest BCUT2D eigenvalue weighted by molar-refractivity contribution is 0.600. The van der Waals surface area contributed by atoms with Gasteiger partial charge in [0.05, 0.1) is 18.1 Å². The molecule has 0 unspecified atom stereocenters. The molecule has 0 bridgehead atoms. The first-order valence-electron chi connectivity index (χ1n) is 5.49. The van der Waals surface area contributed by atoms with Crippen molar-refractivity contribution in [3.63, 3.8) is 0 Å². The van der Waals surface area contributed by atoms with E-state index in [2.05, 4.69) is 19.9 Å². The van der Waals surface area contributed by atoms with Crippen LogP contribution in [0.15, 0.2) is 36.7 Å². The van der Waals surface area contributed by atoms with Crippen molar-refractivity contribution in [1.29, 1.82) is 0 Å². The van der Waals surface area contributed by atoms with E-state index < -0.39 is 10.0 Å². The Labute approximate surface area is 121 Å². The monoisotopic (exact) mass is 309 g/mol. The third kappa shape index (κ3) is 3.93. The number of benzene rings is 1. The highest BCUT2D eigenvalue weighted by Crippen LogP contribution is 2.10. The first kappa shape index (κ1) is 14.3. The summed E-state index contributed by atoms with van der Waals surface area (Å²) >= 11 is 4.85. The molecule has 1 aromatic carbocycles. The Morgan fingerprint density at radius 3 is 2.80 bits per heavy atom. The van der Waals surface area contributed by atoms with Crippen LogP contribution in [-0.2, 0) is 15.8 Å². The molecule has 0 fully saturated rings. The number of nitrogens with zero attached hydrogens (tertiary/aromatic N) is 3. The summed E-state index contributed by atoms with van der Waals surface area (Å²) in [6.45, 7) is 0. The number of sulfonamides is 1. The van der Waals surface area contributed by atoms with Crippen LogP contribution in [-0.4, -0.2) is 28.6 Å². The van der Waals surface area contributed by atoms with Crippen molar-refractivity contribution in [2.75, 3.05) is 4.72 Å². The van der Waals surface area contributed by atoms with Gasteiger partial charge in [-0.15, -0.1) is 5.10 Å². The van der Waals surface area contributed by atoms with Gasteiger partial charge in [0, 0.05) is 5.56 Å². The summed E-state index contributed by atoms with van der Waals surface area (Å²) in [5.74, 6) is -0.306. The molecule has 0 saturated heterocycles. The Morgan fingerprint density at radius 2 is 2.15 bits per heavy atom. The average molecular weight is 309 g/mol. The summed E-state index contributed by atoms with van der Waals surface area (Å²) in [6, 6.07) is 6.72. The van der Waals surface area contributed by atoms with E-state index in [0.29, 0.717) is 11.1 Å². The molecule has 0 aliphatic heterocycles. The topological polar surface area (TPSA) is 111 Å². The molecule has 1 aromatic heterocycles. The molecule has 1 heterocycles. The summed E-state index contributed by atoms with van der Waals surface area (Å²) in [5, 5.41) is 7.10. The van der Waals surface area contributed by atoms with Gasteiger partial charge in [-0.3, -0.25) is 0 Å². The van der Waals surface area contributed by atoms with Crippen molar-refractivity contribution in [2.24, 2.45) is 5.73 Å².